The third-order valence-corrected chi connectivity index (χ3v) is 8.49. The SMILES string of the molecule is COc1cc(N2CCC(N3CCN(C)CC3)CC2)ccc1Nc1ncc(Cl)c(-c2cn(C)c3ccccc23)n1. The molecule has 8 nitrogen and oxygen atoms in total. The van der Waals surface area contributed by atoms with Crippen LogP contribution in [0.5, 0.6) is 5.75 Å². The number of nitrogens with one attached hydrogen (secondary N) is 1. The van der Waals surface area contributed by atoms with Gasteiger partial charge >= 0.3 is 0 Å². The number of ether oxygens (including phenoxy) is 1. The topological polar surface area (TPSA) is 61.7 Å². The van der Waals surface area contributed by atoms with Crippen LogP contribution in [0.1, 0.15) is 12.8 Å². The molecule has 0 bridgehead atoms. The van der Waals surface area contributed by atoms with E-state index in [1.807, 2.05) is 19.2 Å². The minimum Gasteiger partial charge on any atom is -0.494 e. The number of hydrogen-bond acceptors (Lipinski definition) is 7. The van der Waals surface area contributed by atoms with Crippen LogP contribution < -0.4 is 15.0 Å². The zero-order valence-corrected chi connectivity index (χ0v) is 23.7. The van der Waals surface area contributed by atoms with Crippen LogP contribution in [-0.2, 0) is 7.05 Å². The first-order valence-electron chi connectivity index (χ1n) is 13.7. The van der Waals surface area contributed by atoms with Crippen molar-refractivity contribution in [1.82, 2.24) is 24.3 Å². The second kappa shape index (κ2) is 11.0. The van der Waals surface area contributed by atoms with Gasteiger partial charge in [-0.3, -0.25) is 4.90 Å². The van der Waals surface area contributed by atoms with Gasteiger partial charge in [-0.1, -0.05) is 29.8 Å². The molecule has 2 aromatic carbocycles. The van der Waals surface area contributed by atoms with Crippen LogP contribution in [0.2, 0.25) is 5.02 Å². The number of para-hydroxylation sites is 1. The number of rotatable bonds is 6. The van der Waals surface area contributed by atoms with E-state index in [1.54, 1.807) is 13.3 Å². The van der Waals surface area contributed by atoms with Gasteiger partial charge in [0, 0.05) is 86.8 Å². The van der Waals surface area contributed by atoms with Gasteiger partial charge in [-0.15, -0.1) is 0 Å². The van der Waals surface area contributed by atoms with Crippen LogP contribution in [0.15, 0.2) is 54.9 Å². The number of aryl methyl sites for hydroxylation is 1. The van der Waals surface area contributed by atoms with Gasteiger partial charge in [-0.25, -0.2) is 9.97 Å². The molecule has 204 valence electrons. The van der Waals surface area contributed by atoms with Gasteiger partial charge in [-0.2, -0.15) is 0 Å². The molecule has 0 radical (unpaired) electrons. The highest BCUT2D eigenvalue weighted by atomic mass is 35.5. The number of benzene rings is 2. The third-order valence-electron chi connectivity index (χ3n) is 8.21. The van der Waals surface area contributed by atoms with Crippen LogP contribution in [0.3, 0.4) is 0 Å². The number of nitrogens with zero attached hydrogens (tertiary/aromatic N) is 6. The van der Waals surface area contributed by atoms with Crippen LogP contribution in [-0.4, -0.2) is 83.8 Å². The Morgan fingerprint density at radius 3 is 2.51 bits per heavy atom. The lowest BCUT2D eigenvalue weighted by Gasteiger charge is -2.42. The van der Waals surface area contributed by atoms with Crippen molar-refractivity contribution in [1.29, 1.82) is 0 Å². The van der Waals surface area contributed by atoms with Crippen molar-refractivity contribution in [2.45, 2.75) is 18.9 Å². The number of methoxy groups -OCH3 is 1. The summed E-state index contributed by atoms with van der Waals surface area (Å²) in [6.07, 6.45) is 6.10. The summed E-state index contributed by atoms with van der Waals surface area (Å²) in [7, 11) is 5.95. The summed E-state index contributed by atoms with van der Waals surface area (Å²) in [6.45, 7) is 6.83. The molecule has 6 rings (SSSR count). The number of hydrogen-bond donors (Lipinski definition) is 1. The molecule has 4 heterocycles. The summed E-state index contributed by atoms with van der Waals surface area (Å²) in [5.41, 5.74) is 4.81. The molecule has 2 saturated heterocycles. The van der Waals surface area contributed by atoms with E-state index in [9.17, 15) is 0 Å². The van der Waals surface area contributed by atoms with E-state index >= 15 is 0 Å². The highest BCUT2D eigenvalue weighted by molar-refractivity contribution is 6.33. The Bertz CT molecular complexity index is 1460. The zero-order chi connectivity index (χ0) is 26.9. The summed E-state index contributed by atoms with van der Waals surface area (Å²) < 4.78 is 7.88. The number of aromatic nitrogens is 3. The molecule has 0 unspecified atom stereocenters. The fourth-order valence-corrected chi connectivity index (χ4v) is 6.12. The van der Waals surface area contributed by atoms with Gasteiger partial charge in [0.25, 0.3) is 0 Å². The Balaban J connectivity index is 1.18. The Kier molecular flexibility index (Phi) is 7.34. The Morgan fingerprint density at radius 1 is 0.974 bits per heavy atom. The van der Waals surface area contributed by atoms with Crippen LogP contribution in [0.25, 0.3) is 22.2 Å². The fraction of sp³-hybridized carbons (Fsp3) is 0.400. The zero-order valence-electron chi connectivity index (χ0n) is 22.9. The number of piperidine rings is 1. The Labute approximate surface area is 235 Å². The van der Waals surface area contributed by atoms with Crippen LogP contribution >= 0.6 is 11.6 Å². The molecule has 39 heavy (non-hydrogen) atoms. The van der Waals surface area contributed by atoms with Gasteiger partial charge < -0.3 is 24.4 Å². The van der Waals surface area contributed by atoms with Gasteiger partial charge in [0.2, 0.25) is 5.95 Å². The molecule has 0 atom stereocenters. The molecule has 1 N–H and O–H groups in total. The summed E-state index contributed by atoms with van der Waals surface area (Å²) in [5, 5.41) is 4.97. The highest BCUT2D eigenvalue weighted by Gasteiger charge is 2.27. The van der Waals surface area contributed by atoms with Gasteiger partial charge in [0.15, 0.2) is 0 Å². The molecule has 2 aliphatic rings. The number of likely N-dealkylation sites (N-methyl/N-ethyl adjacent to an activating group) is 1. The summed E-state index contributed by atoms with van der Waals surface area (Å²) in [5.74, 6) is 1.24. The predicted octanol–water partition coefficient (Wildman–Crippen LogP) is 5.26. The fourth-order valence-electron chi connectivity index (χ4n) is 5.92. The minimum absolute atomic E-state index is 0.473. The summed E-state index contributed by atoms with van der Waals surface area (Å²) in [6, 6.07) is 15.3. The first-order valence-corrected chi connectivity index (χ1v) is 14.1. The number of piperazine rings is 1. The van der Waals surface area contributed by atoms with Crippen molar-refractivity contribution >= 4 is 39.8 Å². The molecular weight excluding hydrogens is 510 g/mol. The van der Waals surface area contributed by atoms with Crippen molar-refractivity contribution in [3.05, 3.63) is 59.9 Å². The van der Waals surface area contributed by atoms with Gasteiger partial charge in [0.05, 0.1) is 29.7 Å². The monoisotopic (exact) mass is 545 g/mol. The second-order valence-electron chi connectivity index (χ2n) is 10.6. The molecular formula is C30H36ClN7O. The second-order valence-corrected chi connectivity index (χ2v) is 11.0. The Morgan fingerprint density at radius 2 is 1.74 bits per heavy atom. The minimum atomic E-state index is 0.473. The number of halogens is 1. The molecule has 0 amide bonds. The van der Waals surface area contributed by atoms with Crippen LogP contribution in [0.4, 0.5) is 17.3 Å². The van der Waals surface area contributed by atoms with E-state index in [1.165, 1.54) is 44.7 Å². The molecule has 0 saturated carbocycles. The standard InChI is InChI=1S/C30H36ClN7O/c1-35-14-16-38(17-15-35)21-10-12-37(13-11-21)22-8-9-26(28(18-22)39-3)33-30-32-19-25(31)29(34-30)24-20-36(2)27-7-5-4-6-23(24)27/h4-9,18-21H,10-17H2,1-3H3,(H,32,33,34). The lowest BCUT2D eigenvalue weighted by atomic mass is 10.0. The number of anilines is 3. The van der Waals surface area contributed by atoms with Gasteiger partial charge in [0.1, 0.15) is 5.75 Å². The molecule has 0 spiro atoms. The summed E-state index contributed by atoms with van der Waals surface area (Å²) >= 11 is 6.58. The van der Waals surface area contributed by atoms with E-state index in [-0.39, 0.29) is 0 Å². The molecule has 9 heteroatoms. The van der Waals surface area contributed by atoms with E-state index < -0.39 is 0 Å². The largest absolute Gasteiger partial charge is 0.494 e. The lowest BCUT2D eigenvalue weighted by molar-refractivity contribution is 0.0982. The van der Waals surface area contributed by atoms with E-state index in [0.29, 0.717) is 22.7 Å². The maximum atomic E-state index is 6.58. The maximum Gasteiger partial charge on any atom is 0.227 e. The predicted molar refractivity (Wildman–Crippen MR) is 160 cm³/mol. The molecule has 2 fully saturated rings. The molecule has 0 aliphatic carbocycles. The van der Waals surface area contributed by atoms with E-state index in [0.717, 1.165) is 41.0 Å². The smallest absolute Gasteiger partial charge is 0.227 e. The average molecular weight is 546 g/mol. The third kappa shape index (κ3) is 5.29. The maximum absolute atomic E-state index is 6.58. The van der Waals surface area contributed by atoms with Crippen molar-refractivity contribution in [2.24, 2.45) is 7.05 Å². The van der Waals surface area contributed by atoms with Crippen molar-refractivity contribution in [3.63, 3.8) is 0 Å². The molecule has 2 aromatic heterocycles. The average Bonchev–Trinajstić information content (AvgIpc) is 3.31. The normalized spacial score (nSPS) is 17.6. The first-order chi connectivity index (χ1) is 19.0. The van der Waals surface area contributed by atoms with Crippen molar-refractivity contribution in [3.8, 4) is 17.0 Å². The highest BCUT2D eigenvalue weighted by Crippen LogP contribution is 2.36. The molecule has 4 aromatic rings. The van der Waals surface area contributed by atoms with Crippen molar-refractivity contribution < 1.29 is 4.74 Å². The van der Waals surface area contributed by atoms with Crippen molar-refractivity contribution in [2.75, 3.05) is 63.6 Å². The van der Waals surface area contributed by atoms with Crippen LogP contribution in [0, 0.1) is 0 Å². The van der Waals surface area contributed by atoms with Gasteiger partial charge in [-0.05, 0) is 38.1 Å². The first kappa shape index (κ1) is 25.9. The van der Waals surface area contributed by atoms with E-state index in [2.05, 4.69) is 73.1 Å². The molecule has 2 aliphatic heterocycles. The lowest BCUT2D eigenvalue weighted by Crippen LogP contribution is -2.52. The number of fused-ring (bicyclic) bond motifs is 1. The van der Waals surface area contributed by atoms with E-state index in [4.69, 9.17) is 21.3 Å². The quantitative estimate of drug-likeness (QED) is 0.355. The summed E-state index contributed by atoms with van der Waals surface area (Å²) in [4.78, 5) is 16.8. The Hall–Kier alpha value is -3.33.